The summed E-state index contributed by atoms with van der Waals surface area (Å²) in [5.74, 6) is -1.19. The van der Waals surface area contributed by atoms with Gasteiger partial charge >= 0.3 is 0 Å². The molecule has 3 aromatic rings. The maximum absolute atomic E-state index is 14.2. The van der Waals surface area contributed by atoms with Gasteiger partial charge in [0.2, 0.25) is 0 Å². The molecule has 0 N–H and O–H groups in total. The average molecular weight is 399 g/mol. The first-order valence-electron chi connectivity index (χ1n) is 10.2. The Kier molecular flexibility index (Phi) is 6.96. The first-order chi connectivity index (χ1) is 14.0. The summed E-state index contributed by atoms with van der Waals surface area (Å²) < 4.78 is 29.6. The fourth-order valence-electron chi connectivity index (χ4n) is 3.42. The fraction of sp³-hybridized carbons (Fsp3) is 0.391. The lowest BCUT2D eigenvalue weighted by Gasteiger charge is -2.23. The van der Waals surface area contributed by atoms with Crippen molar-refractivity contribution in [1.29, 1.82) is 0 Å². The highest BCUT2D eigenvalue weighted by Gasteiger charge is 2.22. The van der Waals surface area contributed by atoms with Gasteiger partial charge in [-0.1, -0.05) is 38.8 Å². The van der Waals surface area contributed by atoms with E-state index >= 15 is 0 Å². The van der Waals surface area contributed by atoms with E-state index < -0.39 is 17.5 Å². The number of nitrogens with zero attached hydrogens (tertiary/aromatic N) is 3. The predicted molar refractivity (Wildman–Crippen MR) is 111 cm³/mol. The maximum Gasteiger partial charge on any atom is 0.257 e. The number of imidazole rings is 1. The number of halogens is 2. The average Bonchev–Trinajstić information content (AvgIpc) is 3.06. The van der Waals surface area contributed by atoms with Crippen LogP contribution in [0.2, 0.25) is 0 Å². The van der Waals surface area contributed by atoms with Gasteiger partial charge in [0.25, 0.3) is 5.91 Å². The van der Waals surface area contributed by atoms with Crippen molar-refractivity contribution in [3.63, 3.8) is 0 Å². The summed E-state index contributed by atoms with van der Waals surface area (Å²) >= 11 is 0. The van der Waals surface area contributed by atoms with Gasteiger partial charge in [-0.25, -0.2) is 13.8 Å². The lowest BCUT2D eigenvalue weighted by molar-refractivity contribution is 0.0730. The van der Waals surface area contributed by atoms with E-state index in [9.17, 15) is 13.6 Å². The molecule has 0 unspecified atom stereocenters. The van der Waals surface area contributed by atoms with Crippen LogP contribution in [0.1, 0.15) is 55.7 Å². The number of hydrogen-bond donors (Lipinski definition) is 0. The van der Waals surface area contributed by atoms with Crippen molar-refractivity contribution in [2.75, 3.05) is 6.54 Å². The molecule has 1 aromatic heterocycles. The van der Waals surface area contributed by atoms with Gasteiger partial charge in [-0.2, -0.15) is 0 Å². The standard InChI is InChI=1S/C23H27F2N3O/c1-3-5-13-27(23(29)18-12-11-17(24)15-19(18)25)16-22-26-20-9-7-8-10-21(20)28(22)14-6-4-2/h7-12,15H,3-6,13-14,16H2,1-2H3. The Hall–Kier alpha value is -2.76. The van der Waals surface area contributed by atoms with Crippen molar-refractivity contribution >= 4 is 16.9 Å². The first-order valence-corrected chi connectivity index (χ1v) is 10.2. The molecule has 0 aliphatic carbocycles. The number of aromatic nitrogens is 2. The Bertz CT molecular complexity index is 983. The molecule has 0 bridgehead atoms. The lowest BCUT2D eigenvalue weighted by atomic mass is 10.1. The molecule has 6 heteroatoms. The van der Waals surface area contributed by atoms with Crippen LogP contribution in [0.25, 0.3) is 11.0 Å². The first kappa shape index (κ1) is 21.0. The number of amides is 1. The molecule has 0 fully saturated rings. The third-order valence-electron chi connectivity index (χ3n) is 5.03. The summed E-state index contributed by atoms with van der Waals surface area (Å²) in [6.07, 6.45) is 3.75. The van der Waals surface area contributed by atoms with Gasteiger partial charge in [0.1, 0.15) is 17.5 Å². The minimum atomic E-state index is -0.837. The molecule has 0 aliphatic rings. The molecule has 0 saturated heterocycles. The number of hydrogen-bond acceptors (Lipinski definition) is 2. The smallest absolute Gasteiger partial charge is 0.257 e. The van der Waals surface area contributed by atoms with Crippen LogP contribution in [0.5, 0.6) is 0 Å². The second-order valence-corrected chi connectivity index (χ2v) is 7.23. The Morgan fingerprint density at radius 2 is 1.83 bits per heavy atom. The van der Waals surface area contributed by atoms with E-state index in [1.807, 2.05) is 31.2 Å². The molecule has 0 saturated carbocycles. The van der Waals surface area contributed by atoms with E-state index in [1.165, 1.54) is 6.07 Å². The molecule has 0 spiro atoms. The zero-order valence-corrected chi connectivity index (χ0v) is 17.0. The highest BCUT2D eigenvalue weighted by Crippen LogP contribution is 2.20. The Morgan fingerprint density at radius 3 is 2.55 bits per heavy atom. The van der Waals surface area contributed by atoms with Gasteiger partial charge < -0.3 is 9.47 Å². The molecule has 0 atom stereocenters. The number of benzene rings is 2. The Balaban J connectivity index is 1.95. The number of rotatable bonds is 9. The van der Waals surface area contributed by atoms with Crippen LogP contribution in [0.3, 0.4) is 0 Å². The molecule has 154 valence electrons. The third kappa shape index (κ3) is 4.81. The Morgan fingerprint density at radius 1 is 1.07 bits per heavy atom. The number of fused-ring (bicyclic) bond motifs is 1. The minimum absolute atomic E-state index is 0.112. The van der Waals surface area contributed by atoms with Gasteiger partial charge in [0, 0.05) is 19.2 Å². The second-order valence-electron chi connectivity index (χ2n) is 7.23. The van der Waals surface area contributed by atoms with Crippen LogP contribution in [0, 0.1) is 11.6 Å². The molecule has 3 rings (SSSR count). The lowest BCUT2D eigenvalue weighted by Crippen LogP contribution is -2.33. The normalized spacial score (nSPS) is 11.2. The number of carbonyl (C=O) groups is 1. The topological polar surface area (TPSA) is 38.1 Å². The largest absolute Gasteiger partial charge is 0.331 e. The molecule has 4 nitrogen and oxygen atoms in total. The van der Waals surface area contributed by atoms with Crippen LogP contribution in [-0.4, -0.2) is 26.9 Å². The SMILES string of the molecule is CCCCN(Cc1nc2ccccc2n1CCCC)C(=O)c1ccc(F)cc1F. The molecular weight excluding hydrogens is 372 g/mol. The van der Waals surface area contributed by atoms with Crippen LogP contribution in [0.15, 0.2) is 42.5 Å². The maximum atomic E-state index is 14.2. The third-order valence-corrected chi connectivity index (χ3v) is 5.03. The van der Waals surface area contributed by atoms with E-state index in [0.29, 0.717) is 6.54 Å². The number of para-hydroxylation sites is 2. The quantitative estimate of drug-likeness (QED) is 0.473. The predicted octanol–water partition coefficient (Wildman–Crippen LogP) is 5.56. The zero-order chi connectivity index (χ0) is 20.8. The van der Waals surface area contributed by atoms with Crippen molar-refractivity contribution < 1.29 is 13.6 Å². The van der Waals surface area contributed by atoms with E-state index in [2.05, 4.69) is 11.5 Å². The summed E-state index contributed by atoms with van der Waals surface area (Å²) in [5.41, 5.74) is 1.81. The summed E-state index contributed by atoms with van der Waals surface area (Å²) in [7, 11) is 0. The minimum Gasteiger partial charge on any atom is -0.331 e. The number of aryl methyl sites for hydroxylation is 1. The van der Waals surface area contributed by atoms with Gasteiger partial charge in [0.05, 0.1) is 23.1 Å². The van der Waals surface area contributed by atoms with Gasteiger partial charge in [-0.3, -0.25) is 4.79 Å². The van der Waals surface area contributed by atoms with Crippen molar-refractivity contribution in [2.45, 2.75) is 52.6 Å². The highest BCUT2D eigenvalue weighted by atomic mass is 19.1. The summed E-state index contributed by atoms with van der Waals surface area (Å²) in [6.45, 7) is 5.76. The van der Waals surface area contributed by atoms with Gasteiger partial charge in [0.15, 0.2) is 0 Å². The van der Waals surface area contributed by atoms with Crippen LogP contribution >= 0.6 is 0 Å². The van der Waals surface area contributed by atoms with Crippen LogP contribution in [-0.2, 0) is 13.1 Å². The van der Waals surface area contributed by atoms with Gasteiger partial charge in [-0.05, 0) is 37.1 Å². The van der Waals surface area contributed by atoms with Crippen molar-refractivity contribution in [2.24, 2.45) is 0 Å². The van der Waals surface area contributed by atoms with Crippen LogP contribution < -0.4 is 0 Å². The van der Waals surface area contributed by atoms with Crippen molar-refractivity contribution in [3.8, 4) is 0 Å². The fourth-order valence-corrected chi connectivity index (χ4v) is 3.42. The Labute approximate surface area is 170 Å². The van der Waals surface area contributed by atoms with E-state index in [1.54, 1.807) is 4.90 Å². The summed E-state index contributed by atoms with van der Waals surface area (Å²) in [5, 5.41) is 0. The second kappa shape index (κ2) is 9.63. The van der Waals surface area contributed by atoms with Crippen molar-refractivity contribution in [1.82, 2.24) is 14.5 Å². The monoisotopic (exact) mass is 399 g/mol. The molecule has 29 heavy (non-hydrogen) atoms. The zero-order valence-electron chi connectivity index (χ0n) is 17.0. The van der Waals surface area contributed by atoms with Gasteiger partial charge in [-0.15, -0.1) is 0 Å². The highest BCUT2D eigenvalue weighted by molar-refractivity contribution is 5.94. The van der Waals surface area contributed by atoms with E-state index in [-0.39, 0.29) is 12.1 Å². The number of carbonyl (C=O) groups excluding carboxylic acids is 1. The van der Waals surface area contributed by atoms with Crippen LogP contribution in [0.4, 0.5) is 8.78 Å². The van der Waals surface area contributed by atoms with E-state index in [4.69, 9.17) is 4.98 Å². The van der Waals surface area contributed by atoms with Crippen molar-refractivity contribution in [3.05, 3.63) is 65.5 Å². The number of unbranched alkanes of at least 4 members (excludes halogenated alkanes) is 2. The van der Waals surface area contributed by atoms with E-state index in [0.717, 1.165) is 61.2 Å². The molecule has 1 heterocycles. The molecular formula is C23H27F2N3O. The molecule has 0 aliphatic heterocycles. The summed E-state index contributed by atoms with van der Waals surface area (Å²) in [6, 6.07) is 11.0. The molecule has 1 amide bonds. The molecule has 2 aromatic carbocycles. The summed E-state index contributed by atoms with van der Waals surface area (Å²) in [4.78, 5) is 19.4. The molecule has 0 radical (unpaired) electrons.